The van der Waals surface area contributed by atoms with Gasteiger partial charge >= 0.3 is 6.18 Å². The summed E-state index contributed by atoms with van der Waals surface area (Å²) < 4.78 is 40.0. The van der Waals surface area contributed by atoms with Gasteiger partial charge in [-0.25, -0.2) is 0 Å². The lowest BCUT2D eigenvalue weighted by atomic mass is 10.0. The molecule has 0 bridgehead atoms. The Morgan fingerprint density at radius 3 is 2.30 bits per heavy atom. The fourth-order valence-corrected chi connectivity index (χ4v) is 3.67. The van der Waals surface area contributed by atoms with Crippen molar-refractivity contribution in [2.24, 2.45) is 0 Å². The van der Waals surface area contributed by atoms with Gasteiger partial charge in [-0.15, -0.1) is 0 Å². The summed E-state index contributed by atoms with van der Waals surface area (Å²) in [5.74, 6) is -0.149. The molecule has 0 atom stereocenters. The fourth-order valence-electron chi connectivity index (χ4n) is 3.67. The molecule has 1 fully saturated rings. The van der Waals surface area contributed by atoms with E-state index < -0.39 is 11.7 Å². The van der Waals surface area contributed by atoms with Crippen LogP contribution < -0.4 is 5.73 Å². The van der Waals surface area contributed by atoms with Crippen molar-refractivity contribution < 1.29 is 18.0 Å². The Hall–Kier alpha value is -2.50. The molecule has 0 aromatic heterocycles. The van der Waals surface area contributed by atoms with Crippen LogP contribution in [0.2, 0.25) is 0 Å². The third kappa shape index (κ3) is 4.81. The third-order valence-electron chi connectivity index (χ3n) is 5.08. The number of nitrogens with zero attached hydrogens (tertiary/aromatic N) is 1. The van der Waals surface area contributed by atoms with Crippen molar-refractivity contribution in [1.29, 1.82) is 0 Å². The molecule has 1 saturated carbocycles. The van der Waals surface area contributed by atoms with Crippen molar-refractivity contribution >= 4 is 11.6 Å². The van der Waals surface area contributed by atoms with Gasteiger partial charge in [0.25, 0.3) is 0 Å². The van der Waals surface area contributed by atoms with Crippen LogP contribution in [0.4, 0.5) is 18.9 Å². The number of carbonyl (C=O) groups is 1. The predicted octanol–water partition coefficient (Wildman–Crippen LogP) is 4.80. The van der Waals surface area contributed by atoms with E-state index in [1.54, 1.807) is 35.2 Å². The molecule has 27 heavy (non-hydrogen) atoms. The van der Waals surface area contributed by atoms with E-state index in [4.69, 9.17) is 5.73 Å². The van der Waals surface area contributed by atoms with Crippen molar-refractivity contribution in [3.8, 4) is 0 Å². The second-order valence-corrected chi connectivity index (χ2v) is 7.03. The van der Waals surface area contributed by atoms with Crippen LogP contribution in [0.3, 0.4) is 0 Å². The first-order valence-corrected chi connectivity index (χ1v) is 9.13. The second-order valence-electron chi connectivity index (χ2n) is 7.03. The molecule has 3 nitrogen and oxygen atoms in total. The second kappa shape index (κ2) is 8.03. The number of carbonyl (C=O) groups excluding carboxylic acids is 1. The van der Waals surface area contributed by atoms with Crippen LogP contribution in [0.15, 0.2) is 48.5 Å². The van der Waals surface area contributed by atoms with Crippen molar-refractivity contribution in [2.75, 3.05) is 5.73 Å². The molecule has 3 rings (SSSR count). The number of hydrogen-bond acceptors (Lipinski definition) is 2. The Balaban J connectivity index is 1.84. The van der Waals surface area contributed by atoms with E-state index in [2.05, 4.69) is 0 Å². The molecule has 0 heterocycles. The molecule has 1 aliphatic rings. The number of nitrogen functional groups attached to an aromatic ring is 1. The van der Waals surface area contributed by atoms with E-state index in [1.165, 1.54) is 12.1 Å². The van der Waals surface area contributed by atoms with Crippen LogP contribution in [-0.4, -0.2) is 16.8 Å². The van der Waals surface area contributed by atoms with Gasteiger partial charge in [-0.05, 0) is 42.2 Å². The molecule has 0 saturated heterocycles. The molecule has 0 spiro atoms. The number of nitrogens with two attached hydrogens (primary N) is 1. The van der Waals surface area contributed by atoms with Gasteiger partial charge in [-0.3, -0.25) is 4.79 Å². The molecule has 1 amide bonds. The first-order chi connectivity index (χ1) is 12.8. The molecule has 0 aliphatic heterocycles. The average Bonchev–Trinajstić information content (AvgIpc) is 3.15. The maximum absolute atomic E-state index is 13.3. The number of anilines is 1. The molecule has 144 valence electrons. The fraction of sp³-hybridized carbons (Fsp3) is 0.381. The van der Waals surface area contributed by atoms with Gasteiger partial charge in [-0.2, -0.15) is 13.2 Å². The maximum atomic E-state index is 13.3. The number of benzene rings is 2. The van der Waals surface area contributed by atoms with Gasteiger partial charge in [0.15, 0.2) is 0 Å². The summed E-state index contributed by atoms with van der Waals surface area (Å²) in [6.45, 7) is -0.0197. The minimum absolute atomic E-state index is 0.00688. The smallest absolute Gasteiger partial charge is 0.399 e. The van der Waals surface area contributed by atoms with Gasteiger partial charge in [0.1, 0.15) is 0 Å². The average molecular weight is 376 g/mol. The Morgan fingerprint density at radius 2 is 1.67 bits per heavy atom. The van der Waals surface area contributed by atoms with Crippen molar-refractivity contribution in [3.63, 3.8) is 0 Å². The Kier molecular flexibility index (Phi) is 5.73. The molecule has 0 unspecified atom stereocenters. The molecule has 2 aromatic rings. The summed E-state index contributed by atoms with van der Waals surface area (Å²) >= 11 is 0. The highest BCUT2D eigenvalue weighted by Gasteiger charge is 2.35. The standard InChI is InChI=1S/C21H23F3N2O/c22-21(23,24)19-8-4-1-5-16(19)14-26(18-6-2-3-7-18)20(27)13-15-9-11-17(25)12-10-15/h1,4-5,8-12,18H,2-3,6-7,13-14,25H2. The summed E-state index contributed by atoms with van der Waals surface area (Å²) in [6.07, 6.45) is -0.610. The lowest BCUT2D eigenvalue weighted by molar-refractivity contribution is -0.140. The number of alkyl halides is 3. The highest BCUT2D eigenvalue weighted by molar-refractivity contribution is 5.79. The Morgan fingerprint density at radius 1 is 1.04 bits per heavy atom. The minimum Gasteiger partial charge on any atom is -0.399 e. The van der Waals surface area contributed by atoms with Crippen LogP contribution in [0.25, 0.3) is 0 Å². The quantitative estimate of drug-likeness (QED) is 0.762. The zero-order valence-corrected chi connectivity index (χ0v) is 15.0. The van der Waals surface area contributed by atoms with Crippen molar-refractivity contribution in [3.05, 3.63) is 65.2 Å². The van der Waals surface area contributed by atoms with Gasteiger partial charge in [0.05, 0.1) is 12.0 Å². The predicted molar refractivity (Wildman–Crippen MR) is 98.8 cm³/mol. The van der Waals surface area contributed by atoms with Crippen LogP contribution in [0.5, 0.6) is 0 Å². The van der Waals surface area contributed by atoms with E-state index in [0.717, 1.165) is 37.3 Å². The largest absolute Gasteiger partial charge is 0.416 e. The number of halogens is 3. The van der Waals surface area contributed by atoms with Gasteiger partial charge < -0.3 is 10.6 Å². The zero-order chi connectivity index (χ0) is 19.4. The minimum atomic E-state index is -4.43. The Bertz CT molecular complexity index is 781. The molecular weight excluding hydrogens is 353 g/mol. The normalized spacial score (nSPS) is 15.1. The topological polar surface area (TPSA) is 46.3 Å². The molecule has 0 radical (unpaired) electrons. The first kappa shape index (κ1) is 19.3. The molecule has 2 aromatic carbocycles. The van der Waals surface area contributed by atoms with E-state index in [1.807, 2.05) is 0 Å². The van der Waals surface area contributed by atoms with Crippen LogP contribution in [-0.2, 0) is 23.9 Å². The molecule has 2 N–H and O–H groups in total. The maximum Gasteiger partial charge on any atom is 0.416 e. The van der Waals surface area contributed by atoms with Gasteiger partial charge in [-0.1, -0.05) is 43.2 Å². The van der Waals surface area contributed by atoms with Crippen molar-refractivity contribution in [2.45, 2.75) is 50.9 Å². The molecular formula is C21H23F3N2O. The summed E-state index contributed by atoms with van der Waals surface area (Å²) in [5, 5.41) is 0. The highest BCUT2D eigenvalue weighted by Crippen LogP contribution is 2.34. The monoisotopic (exact) mass is 376 g/mol. The van der Waals surface area contributed by atoms with Crippen LogP contribution in [0.1, 0.15) is 42.4 Å². The summed E-state index contributed by atoms with van der Waals surface area (Å²) in [7, 11) is 0. The Labute approximate surface area is 157 Å². The lowest BCUT2D eigenvalue weighted by Gasteiger charge is -2.30. The van der Waals surface area contributed by atoms with Crippen molar-refractivity contribution in [1.82, 2.24) is 4.90 Å². The lowest BCUT2D eigenvalue weighted by Crippen LogP contribution is -2.39. The van der Waals surface area contributed by atoms with E-state index in [9.17, 15) is 18.0 Å². The van der Waals surface area contributed by atoms with Crippen LogP contribution >= 0.6 is 0 Å². The van der Waals surface area contributed by atoms with Gasteiger partial charge in [0.2, 0.25) is 5.91 Å². The van der Waals surface area contributed by atoms with Gasteiger partial charge in [0, 0.05) is 18.3 Å². The summed E-state index contributed by atoms with van der Waals surface area (Å²) in [4.78, 5) is 14.6. The number of rotatable bonds is 5. The summed E-state index contributed by atoms with van der Waals surface area (Å²) in [5.41, 5.74) is 6.56. The number of amides is 1. The van der Waals surface area contributed by atoms with E-state index in [0.29, 0.717) is 5.69 Å². The summed E-state index contributed by atoms with van der Waals surface area (Å²) in [6, 6.07) is 12.5. The molecule has 6 heteroatoms. The SMILES string of the molecule is Nc1ccc(CC(=O)N(Cc2ccccc2C(F)(F)F)C2CCCC2)cc1. The highest BCUT2D eigenvalue weighted by atomic mass is 19.4. The van der Waals surface area contributed by atoms with E-state index >= 15 is 0 Å². The first-order valence-electron chi connectivity index (χ1n) is 9.13. The van der Waals surface area contributed by atoms with Crippen LogP contribution in [0, 0.1) is 0 Å². The zero-order valence-electron chi connectivity index (χ0n) is 15.0. The number of hydrogen-bond donors (Lipinski definition) is 1. The molecule has 1 aliphatic carbocycles. The van der Waals surface area contributed by atoms with E-state index in [-0.39, 0.29) is 30.5 Å². The third-order valence-corrected chi connectivity index (χ3v) is 5.08.